The lowest BCUT2D eigenvalue weighted by Crippen LogP contribution is -2.63. The summed E-state index contributed by atoms with van der Waals surface area (Å²) >= 11 is 0. The Balaban J connectivity index is 1.36. The highest BCUT2D eigenvalue weighted by Gasteiger charge is 2.48. The Bertz CT molecular complexity index is 1860. The molecular formula is C36H40N6O7. The van der Waals surface area contributed by atoms with Gasteiger partial charge in [-0.2, -0.15) is 5.10 Å². The number of nitrogens with one attached hydrogen (secondary N) is 1. The first kappa shape index (κ1) is 33.8. The molecule has 2 aromatic carbocycles. The van der Waals surface area contributed by atoms with Crippen molar-refractivity contribution in [2.45, 2.75) is 75.4 Å². The lowest BCUT2D eigenvalue weighted by molar-refractivity contribution is -0.146. The van der Waals surface area contributed by atoms with Gasteiger partial charge in [-0.15, -0.1) is 0 Å². The smallest absolute Gasteiger partial charge is 0.287 e. The van der Waals surface area contributed by atoms with Crippen LogP contribution in [0.1, 0.15) is 74.2 Å². The first-order chi connectivity index (χ1) is 23.6. The van der Waals surface area contributed by atoms with E-state index in [-0.39, 0.29) is 57.1 Å². The number of hydrogen-bond acceptors (Lipinski definition) is 8. The van der Waals surface area contributed by atoms with Crippen LogP contribution in [0.15, 0.2) is 70.6 Å². The number of ether oxygens (including phenoxy) is 1. The molecule has 0 radical (unpaired) electrons. The third-order valence-corrected chi connectivity index (χ3v) is 9.98. The van der Waals surface area contributed by atoms with E-state index < -0.39 is 52.6 Å². The van der Waals surface area contributed by atoms with Crippen molar-refractivity contribution in [3.63, 3.8) is 0 Å². The average Bonchev–Trinajstić information content (AvgIpc) is 3.57. The van der Waals surface area contributed by atoms with Crippen molar-refractivity contribution in [3.8, 4) is 0 Å². The molecule has 13 heteroatoms. The van der Waals surface area contributed by atoms with Gasteiger partial charge in [0.1, 0.15) is 17.3 Å². The summed E-state index contributed by atoms with van der Waals surface area (Å²) in [5, 5.41) is 8.77. The molecule has 3 aliphatic rings. The number of carbonyl (C=O) groups is 5. The van der Waals surface area contributed by atoms with Crippen LogP contribution in [0.3, 0.4) is 0 Å². The molecule has 1 saturated carbocycles. The van der Waals surface area contributed by atoms with Crippen molar-refractivity contribution in [2.24, 2.45) is 16.6 Å². The van der Waals surface area contributed by atoms with Crippen LogP contribution in [0.25, 0.3) is 10.8 Å². The molecule has 49 heavy (non-hydrogen) atoms. The van der Waals surface area contributed by atoms with Crippen LogP contribution >= 0.6 is 0 Å². The molecule has 3 heterocycles. The Labute approximate surface area is 282 Å². The second kappa shape index (κ2) is 14.6. The number of carbonyl (C=O) groups excluding carboxylic acids is 5. The van der Waals surface area contributed by atoms with E-state index in [4.69, 9.17) is 10.5 Å². The molecule has 2 atom stereocenters. The number of aromatic nitrogens is 2. The van der Waals surface area contributed by atoms with Gasteiger partial charge in [0, 0.05) is 56.8 Å². The number of rotatable bonds is 9. The summed E-state index contributed by atoms with van der Waals surface area (Å²) in [6.45, 7) is 0.169. The largest absolute Gasteiger partial charge is 0.381 e. The molecule has 3 aromatic rings. The van der Waals surface area contributed by atoms with E-state index in [0.29, 0.717) is 5.56 Å². The van der Waals surface area contributed by atoms with Crippen LogP contribution in [0.2, 0.25) is 0 Å². The molecule has 4 amide bonds. The van der Waals surface area contributed by atoms with Gasteiger partial charge in [-0.1, -0.05) is 62.4 Å². The number of hydrogen-bond donors (Lipinski definition) is 2. The average molecular weight is 669 g/mol. The minimum Gasteiger partial charge on any atom is -0.381 e. The molecule has 0 bridgehead atoms. The van der Waals surface area contributed by atoms with Gasteiger partial charge < -0.3 is 20.7 Å². The second-order valence-electron chi connectivity index (χ2n) is 13.2. The Kier molecular flexibility index (Phi) is 10.1. The lowest BCUT2D eigenvalue weighted by atomic mass is 9.84. The van der Waals surface area contributed by atoms with Gasteiger partial charge in [0.15, 0.2) is 0 Å². The van der Waals surface area contributed by atoms with E-state index in [1.54, 1.807) is 12.1 Å². The number of nitrogens with two attached hydrogens (primary N) is 1. The summed E-state index contributed by atoms with van der Waals surface area (Å²) in [6, 6.07) is 13.9. The molecule has 6 rings (SSSR count). The van der Waals surface area contributed by atoms with E-state index in [9.17, 15) is 28.8 Å². The van der Waals surface area contributed by atoms with Crippen LogP contribution in [0.5, 0.6) is 0 Å². The normalized spacial score (nSPS) is 21.3. The van der Waals surface area contributed by atoms with Crippen molar-refractivity contribution < 1.29 is 28.7 Å². The molecule has 1 aliphatic carbocycles. The van der Waals surface area contributed by atoms with Crippen LogP contribution in [-0.2, 0) is 23.9 Å². The summed E-state index contributed by atoms with van der Waals surface area (Å²) in [4.78, 5) is 86.0. The quantitative estimate of drug-likeness (QED) is 0.258. The standard InChI is InChI=1S/C36H40N6O7/c37-32(45)31(44)36(14-17-49-18-15-36)40-34(47)29-21-27(42-30(43)11-6-16-38-42)22-41(29)35(48)28(19-23-7-2-1-3-8-23)39-33(46)26-13-12-24-9-4-5-10-25(24)20-26/h4-6,9-13,16,20,23,27,29H,1-3,7-8,14-15,17-19,21-22H2,(H2,37,45)(H,40,47)/t27-,29-/m0/s1. The number of aliphatic imine (C=N–C) groups is 1. The number of Topliss-reactive ketones (excluding diaryl/α,β-unsaturated/α-hetero) is 1. The lowest BCUT2D eigenvalue weighted by Gasteiger charge is -2.37. The third-order valence-electron chi connectivity index (χ3n) is 9.98. The highest BCUT2D eigenvalue weighted by atomic mass is 16.5. The molecule has 0 spiro atoms. The van der Waals surface area contributed by atoms with Crippen LogP contribution in [-0.4, -0.2) is 81.1 Å². The van der Waals surface area contributed by atoms with Gasteiger partial charge in [0.05, 0.1) is 6.04 Å². The zero-order valence-corrected chi connectivity index (χ0v) is 27.2. The minimum absolute atomic E-state index is 0.00116. The van der Waals surface area contributed by atoms with Gasteiger partial charge >= 0.3 is 0 Å². The molecule has 1 aromatic heterocycles. The summed E-state index contributed by atoms with van der Waals surface area (Å²) in [5.41, 5.74) is 3.74. The predicted molar refractivity (Wildman–Crippen MR) is 180 cm³/mol. The van der Waals surface area contributed by atoms with E-state index in [2.05, 4.69) is 15.4 Å². The molecule has 13 nitrogen and oxygen atoms in total. The first-order valence-corrected chi connectivity index (χ1v) is 16.8. The van der Waals surface area contributed by atoms with E-state index in [1.165, 1.54) is 27.9 Å². The van der Waals surface area contributed by atoms with Gasteiger partial charge in [0.2, 0.25) is 11.7 Å². The van der Waals surface area contributed by atoms with Crippen molar-refractivity contribution in [1.29, 1.82) is 0 Å². The van der Waals surface area contributed by atoms with Crippen molar-refractivity contribution >= 4 is 45.9 Å². The van der Waals surface area contributed by atoms with Gasteiger partial charge in [-0.05, 0) is 41.3 Å². The Hall–Kier alpha value is -5.04. The zero-order chi connectivity index (χ0) is 34.5. The SMILES string of the molecule is NC(=O)C(=O)C1(NC(=O)[C@@H]2C[C@H](n3ncccc3=O)CN2C(=O)C(CC2CCCCC2)=NC(=O)c2ccc3ccccc3c2)CCOCC1. The van der Waals surface area contributed by atoms with Gasteiger partial charge in [-0.25, -0.2) is 9.67 Å². The van der Waals surface area contributed by atoms with Gasteiger partial charge in [-0.3, -0.25) is 28.8 Å². The van der Waals surface area contributed by atoms with E-state index >= 15 is 0 Å². The maximum Gasteiger partial charge on any atom is 0.287 e. The maximum atomic E-state index is 14.6. The van der Waals surface area contributed by atoms with Crippen LogP contribution in [0, 0.1) is 5.92 Å². The third kappa shape index (κ3) is 7.36. The fourth-order valence-electron chi connectivity index (χ4n) is 7.31. The van der Waals surface area contributed by atoms with Crippen molar-refractivity contribution in [1.82, 2.24) is 20.0 Å². The summed E-state index contributed by atoms with van der Waals surface area (Å²) < 4.78 is 6.62. The monoisotopic (exact) mass is 668 g/mol. The number of likely N-dealkylation sites (tertiary alicyclic amines) is 1. The molecular weight excluding hydrogens is 628 g/mol. The molecule has 3 fully saturated rings. The summed E-state index contributed by atoms with van der Waals surface area (Å²) in [6.07, 6.45) is 6.62. The maximum absolute atomic E-state index is 14.6. The summed E-state index contributed by atoms with van der Waals surface area (Å²) in [7, 11) is 0. The number of primary amides is 1. The Morgan fingerprint density at radius 2 is 1.69 bits per heavy atom. The van der Waals surface area contributed by atoms with Crippen molar-refractivity contribution in [3.05, 3.63) is 76.7 Å². The molecule has 0 unspecified atom stereocenters. The Morgan fingerprint density at radius 1 is 0.959 bits per heavy atom. The fourth-order valence-corrected chi connectivity index (χ4v) is 7.31. The molecule has 2 saturated heterocycles. The van der Waals surface area contributed by atoms with Gasteiger partial charge in [0.25, 0.3) is 23.3 Å². The molecule has 256 valence electrons. The van der Waals surface area contributed by atoms with E-state index in [0.717, 1.165) is 42.9 Å². The number of fused-ring (bicyclic) bond motifs is 1. The predicted octanol–water partition coefficient (Wildman–Crippen LogP) is 2.51. The zero-order valence-electron chi connectivity index (χ0n) is 27.2. The number of nitrogens with zero attached hydrogens (tertiary/aromatic N) is 4. The summed E-state index contributed by atoms with van der Waals surface area (Å²) in [5.74, 6) is -3.87. The molecule has 3 N–H and O–H groups in total. The topological polar surface area (TPSA) is 183 Å². The highest BCUT2D eigenvalue weighted by molar-refractivity contribution is 6.41. The fraction of sp³-hybridized carbons (Fsp3) is 0.444. The Morgan fingerprint density at radius 3 is 2.41 bits per heavy atom. The highest BCUT2D eigenvalue weighted by Crippen LogP contribution is 2.32. The van der Waals surface area contributed by atoms with Crippen LogP contribution in [0.4, 0.5) is 0 Å². The number of ketones is 1. The molecule has 2 aliphatic heterocycles. The van der Waals surface area contributed by atoms with Crippen molar-refractivity contribution in [2.75, 3.05) is 19.8 Å². The second-order valence-corrected chi connectivity index (χ2v) is 13.2. The number of amides is 4. The number of benzene rings is 2. The van der Waals surface area contributed by atoms with Crippen LogP contribution < -0.4 is 16.6 Å². The minimum atomic E-state index is -1.60. The first-order valence-electron chi connectivity index (χ1n) is 16.8. The van der Waals surface area contributed by atoms with E-state index in [1.807, 2.05) is 30.3 Å².